The lowest BCUT2D eigenvalue weighted by molar-refractivity contribution is -0.137. The summed E-state index contributed by atoms with van der Waals surface area (Å²) in [7, 11) is 1.91. The summed E-state index contributed by atoms with van der Waals surface area (Å²) in [6, 6.07) is 21.5. The Bertz CT molecular complexity index is 2300. The van der Waals surface area contributed by atoms with Gasteiger partial charge in [0.25, 0.3) is 0 Å². The van der Waals surface area contributed by atoms with Gasteiger partial charge in [0, 0.05) is 82.5 Å². The number of carbonyl (C=O) groups excluding carboxylic acids is 2. The summed E-state index contributed by atoms with van der Waals surface area (Å²) in [4.78, 5) is 40.9. The number of amides is 2. The Morgan fingerprint density at radius 3 is 2.41 bits per heavy atom. The number of piperidine rings is 2. The molecule has 56 heavy (non-hydrogen) atoms. The Hall–Kier alpha value is -5.59. The van der Waals surface area contributed by atoms with Gasteiger partial charge in [-0.25, -0.2) is 9.67 Å². The molecular formula is C44H50N10O2. The molecule has 1 unspecified atom stereocenters. The van der Waals surface area contributed by atoms with Gasteiger partial charge in [0.05, 0.1) is 11.4 Å². The van der Waals surface area contributed by atoms with Crippen molar-refractivity contribution in [3.05, 3.63) is 101 Å². The molecule has 2 amide bonds. The Kier molecular flexibility index (Phi) is 9.76. The van der Waals surface area contributed by atoms with E-state index < -0.39 is 0 Å². The lowest BCUT2D eigenvalue weighted by Crippen LogP contribution is -2.50. The highest BCUT2D eigenvalue weighted by Crippen LogP contribution is 2.34. The van der Waals surface area contributed by atoms with Crippen molar-refractivity contribution in [3.63, 3.8) is 0 Å². The minimum atomic E-state index is -0.216. The summed E-state index contributed by atoms with van der Waals surface area (Å²) in [6.07, 6.45) is 8.72. The smallest absolute Gasteiger partial charge is 0.243 e. The second-order valence-electron chi connectivity index (χ2n) is 16.0. The van der Waals surface area contributed by atoms with E-state index in [4.69, 9.17) is 10.1 Å². The average molecular weight is 751 g/mol. The van der Waals surface area contributed by atoms with Crippen LogP contribution in [0.25, 0.3) is 16.6 Å². The van der Waals surface area contributed by atoms with E-state index in [-0.39, 0.29) is 17.9 Å². The Morgan fingerprint density at radius 2 is 1.66 bits per heavy atom. The summed E-state index contributed by atoms with van der Waals surface area (Å²) < 4.78 is 1.79. The lowest BCUT2D eigenvalue weighted by atomic mass is 9.94. The second kappa shape index (κ2) is 15.2. The number of rotatable bonds is 9. The van der Waals surface area contributed by atoms with E-state index in [1.165, 1.54) is 40.8 Å². The number of fused-ring (bicyclic) bond motifs is 2. The summed E-state index contributed by atoms with van der Waals surface area (Å²) in [6.45, 7) is 11.1. The van der Waals surface area contributed by atoms with Crippen LogP contribution in [0, 0.1) is 19.8 Å². The van der Waals surface area contributed by atoms with Gasteiger partial charge in [-0.05, 0) is 103 Å². The first-order valence-corrected chi connectivity index (χ1v) is 20.0. The number of carbonyl (C=O) groups is 2. The fourth-order valence-electron chi connectivity index (χ4n) is 8.95. The molecule has 12 heteroatoms. The van der Waals surface area contributed by atoms with Crippen LogP contribution in [-0.2, 0) is 29.7 Å². The van der Waals surface area contributed by atoms with Gasteiger partial charge in [-0.1, -0.05) is 42.5 Å². The number of hydrogen-bond donors (Lipinski definition) is 3. The highest BCUT2D eigenvalue weighted by Gasteiger charge is 2.35. The lowest BCUT2D eigenvalue weighted by Gasteiger charge is -2.37. The fraction of sp³-hybridized carbons (Fsp3) is 0.386. The Labute approximate surface area is 328 Å². The summed E-state index contributed by atoms with van der Waals surface area (Å²) in [5, 5.41) is 15.0. The molecule has 288 valence electrons. The third-order valence-electron chi connectivity index (χ3n) is 12.2. The molecule has 2 aromatic heterocycles. The zero-order chi connectivity index (χ0) is 38.3. The first-order valence-electron chi connectivity index (χ1n) is 20.0. The van der Waals surface area contributed by atoms with Crippen LogP contribution in [0.3, 0.4) is 0 Å². The van der Waals surface area contributed by atoms with Gasteiger partial charge in [-0.15, -0.1) is 0 Å². The third-order valence-corrected chi connectivity index (χ3v) is 12.2. The van der Waals surface area contributed by atoms with Crippen LogP contribution in [-0.4, -0.2) is 80.1 Å². The molecule has 3 aromatic carbocycles. The minimum absolute atomic E-state index is 0.150. The molecule has 1 atom stereocenters. The summed E-state index contributed by atoms with van der Waals surface area (Å²) >= 11 is 0. The zero-order valence-corrected chi connectivity index (χ0v) is 32.5. The number of imide groups is 1. The van der Waals surface area contributed by atoms with Crippen molar-refractivity contribution in [2.45, 2.75) is 65.1 Å². The van der Waals surface area contributed by atoms with Crippen LogP contribution in [0.4, 0.5) is 28.8 Å². The van der Waals surface area contributed by atoms with Crippen molar-refractivity contribution in [2.24, 2.45) is 13.0 Å². The molecule has 9 rings (SSSR count). The number of benzene rings is 3. The highest BCUT2D eigenvalue weighted by atomic mass is 16.2. The number of hydrogen-bond acceptors (Lipinski definition) is 10. The van der Waals surface area contributed by atoms with Crippen molar-refractivity contribution in [1.29, 1.82) is 0 Å². The maximum Gasteiger partial charge on any atom is 0.243 e. The molecular weight excluding hydrogens is 701 g/mol. The van der Waals surface area contributed by atoms with E-state index in [9.17, 15) is 9.59 Å². The number of nitrogens with one attached hydrogen (secondary N) is 3. The SMILES string of the molecule is Cc1cccc(C)c1Nc1nn(C)c2nc(Nc3ccc(C4=CCN(CC5CCN(c6ccc7c(c6)CN(C6CCC(=O)NC6=O)C7)CC5)CC4)cc3)ncc12. The quantitative estimate of drug-likeness (QED) is 0.142. The first kappa shape index (κ1) is 36.1. The van der Waals surface area contributed by atoms with Crippen molar-refractivity contribution in [3.8, 4) is 0 Å². The molecule has 0 saturated carbocycles. The van der Waals surface area contributed by atoms with Crippen LogP contribution in [0.15, 0.2) is 72.9 Å². The van der Waals surface area contributed by atoms with Gasteiger partial charge in [-0.3, -0.25) is 24.7 Å². The predicted molar refractivity (Wildman–Crippen MR) is 221 cm³/mol. The van der Waals surface area contributed by atoms with Crippen LogP contribution >= 0.6 is 0 Å². The average Bonchev–Trinajstić information content (AvgIpc) is 3.77. The fourth-order valence-corrected chi connectivity index (χ4v) is 8.95. The highest BCUT2D eigenvalue weighted by molar-refractivity contribution is 6.00. The summed E-state index contributed by atoms with van der Waals surface area (Å²) in [5.74, 6) is 1.68. The Morgan fingerprint density at radius 1 is 0.875 bits per heavy atom. The molecule has 12 nitrogen and oxygen atoms in total. The van der Waals surface area contributed by atoms with Crippen molar-refractivity contribution in [2.75, 3.05) is 48.3 Å². The minimum Gasteiger partial charge on any atom is -0.372 e. The van der Waals surface area contributed by atoms with Gasteiger partial charge >= 0.3 is 0 Å². The normalized spacial score (nSPS) is 19.6. The largest absolute Gasteiger partial charge is 0.372 e. The van der Waals surface area contributed by atoms with E-state index >= 15 is 0 Å². The first-order chi connectivity index (χ1) is 27.2. The van der Waals surface area contributed by atoms with Gasteiger partial charge in [0.15, 0.2) is 11.5 Å². The molecule has 2 saturated heterocycles. The third kappa shape index (κ3) is 7.38. The van der Waals surface area contributed by atoms with Crippen molar-refractivity contribution in [1.82, 2.24) is 34.9 Å². The zero-order valence-electron chi connectivity index (χ0n) is 32.5. The monoisotopic (exact) mass is 750 g/mol. The number of aryl methyl sites for hydroxylation is 3. The summed E-state index contributed by atoms with van der Waals surface area (Å²) in [5.41, 5.74) is 11.7. The number of anilines is 5. The van der Waals surface area contributed by atoms with Gasteiger partial charge < -0.3 is 15.5 Å². The van der Waals surface area contributed by atoms with Crippen LogP contribution in [0.1, 0.15) is 59.9 Å². The molecule has 4 aliphatic rings. The van der Waals surface area contributed by atoms with E-state index in [1.54, 1.807) is 4.68 Å². The van der Waals surface area contributed by atoms with E-state index in [0.717, 1.165) is 91.6 Å². The molecule has 0 radical (unpaired) electrons. The van der Waals surface area contributed by atoms with Gasteiger partial charge in [0.2, 0.25) is 17.8 Å². The maximum atomic E-state index is 12.5. The van der Waals surface area contributed by atoms with Crippen molar-refractivity contribution >= 4 is 57.2 Å². The molecule has 0 spiro atoms. The van der Waals surface area contributed by atoms with E-state index in [1.807, 2.05) is 13.2 Å². The van der Waals surface area contributed by atoms with E-state index in [0.29, 0.717) is 24.7 Å². The van der Waals surface area contributed by atoms with Gasteiger partial charge in [0.1, 0.15) is 0 Å². The standard InChI is InChI=1S/C44H50N10O2/c1-28-5-4-6-29(2)40(28)48-41-37-24-45-44(49-42(37)51(3)50-41)46-35-10-7-31(8-11-35)32-17-19-52(20-18-32)25-30-15-21-53(22-16-30)36-12-9-33-26-54(27-34(33)23-36)38-13-14-39(55)47-43(38)56/h4-12,17,23-24,30,38H,13-16,18-22,25-27H2,1-3H3,(H,48,50)(H,45,46,49)(H,47,55,56). The molecule has 0 bridgehead atoms. The molecule has 5 aromatic rings. The van der Waals surface area contributed by atoms with Crippen molar-refractivity contribution < 1.29 is 9.59 Å². The molecule has 6 heterocycles. The van der Waals surface area contributed by atoms with Crippen LogP contribution in [0.5, 0.6) is 0 Å². The molecule has 2 fully saturated rings. The van der Waals surface area contributed by atoms with Crippen LogP contribution < -0.4 is 20.9 Å². The number of nitrogens with zero attached hydrogens (tertiary/aromatic N) is 7. The van der Waals surface area contributed by atoms with E-state index in [2.05, 4.69) is 116 Å². The predicted octanol–water partition coefficient (Wildman–Crippen LogP) is 6.59. The molecule has 0 aliphatic carbocycles. The van der Waals surface area contributed by atoms with Gasteiger partial charge in [-0.2, -0.15) is 10.1 Å². The second-order valence-corrected chi connectivity index (χ2v) is 16.0. The molecule has 3 N–H and O–H groups in total. The maximum absolute atomic E-state index is 12.5. The molecule has 4 aliphatic heterocycles. The number of para-hydroxylation sites is 1. The number of aromatic nitrogens is 4. The Balaban J connectivity index is 0.752. The topological polar surface area (TPSA) is 124 Å². The van der Waals surface area contributed by atoms with Crippen LogP contribution in [0.2, 0.25) is 0 Å².